The molecule has 0 fully saturated rings. The van der Waals surface area contributed by atoms with Gasteiger partial charge in [0.25, 0.3) is 0 Å². The van der Waals surface area contributed by atoms with Crippen LogP contribution in [0, 0.1) is 0 Å². The maximum absolute atomic E-state index is 9.12. The van der Waals surface area contributed by atoms with Crippen molar-refractivity contribution in [3.63, 3.8) is 0 Å². The lowest BCUT2D eigenvalue weighted by Gasteiger charge is -2.01. The number of phenolic OH excluding ortho intramolecular Hbond substituents is 1. The van der Waals surface area contributed by atoms with E-state index in [9.17, 15) is 0 Å². The molecule has 1 aromatic carbocycles. The molecular formula is C10H12N4O. The molecule has 0 aliphatic rings. The van der Waals surface area contributed by atoms with Crippen LogP contribution in [0.5, 0.6) is 5.75 Å². The van der Waals surface area contributed by atoms with E-state index in [1.807, 2.05) is 12.1 Å². The van der Waals surface area contributed by atoms with Crippen LogP contribution in [0.25, 0.3) is 0 Å². The van der Waals surface area contributed by atoms with Crippen LogP contribution in [-0.2, 0) is 6.42 Å². The SMILES string of the molecule is Nc1n[nH]c(N)c1Cc1ccc(O)cc1. The molecule has 0 unspecified atom stereocenters. The number of nitrogen functional groups attached to an aromatic ring is 2. The number of nitrogens with zero attached hydrogens (tertiary/aromatic N) is 1. The molecule has 1 aromatic heterocycles. The Kier molecular flexibility index (Phi) is 2.21. The summed E-state index contributed by atoms with van der Waals surface area (Å²) in [4.78, 5) is 0. The number of aromatic hydroxyl groups is 1. The van der Waals surface area contributed by atoms with E-state index in [0.29, 0.717) is 18.1 Å². The van der Waals surface area contributed by atoms with Crippen LogP contribution in [0.15, 0.2) is 24.3 Å². The Bertz CT molecular complexity index is 441. The second-order valence-electron chi connectivity index (χ2n) is 3.34. The van der Waals surface area contributed by atoms with Crippen LogP contribution in [0.4, 0.5) is 11.6 Å². The van der Waals surface area contributed by atoms with Crippen molar-refractivity contribution in [2.45, 2.75) is 6.42 Å². The normalized spacial score (nSPS) is 10.4. The quantitative estimate of drug-likeness (QED) is 0.583. The van der Waals surface area contributed by atoms with Crippen molar-refractivity contribution in [3.05, 3.63) is 35.4 Å². The minimum Gasteiger partial charge on any atom is -0.508 e. The predicted octanol–water partition coefficient (Wildman–Crippen LogP) is 0.870. The zero-order chi connectivity index (χ0) is 10.8. The molecule has 1 heterocycles. The molecule has 2 aromatic rings. The van der Waals surface area contributed by atoms with E-state index < -0.39 is 0 Å². The molecule has 0 atom stereocenters. The van der Waals surface area contributed by atoms with Gasteiger partial charge in [-0.15, -0.1) is 0 Å². The van der Waals surface area contributed by atoms with Crippen molar-refractivity contribution < 1.29 is 5.11 Å². The average Bonchev–Trinajstić information content (AvgIpc) is 2.53. The first-order chi connectivity index (χ1) is 7.16. The van der Waals surface area contributed by atoms with Gasteiger partial charge in [0, 0.05) is 12.0 Å². The number of H-pyrrole nitrogens is 1. The van der Waals surface area contributed by atoms with Crippen LogP contribution in [0.2, 0.25) is 0 Å². The van der Waals surface area contributed by atoms with Crippen LogP contribution < -0.4 is 11.5 Å². The van der Waals surface area contributed by atoms with E-state index in [-0.39, 0.29) is 5.75 Å². The summed E-state index contributed by atoms with van der Waals surface area (Å²) in [6.07, 6.45) is 0.606. The number of aromatic nitrogens is 2. The van der Waals surface area contributed by atoms with Gasteiger partial charge < -0.3 is 16.6 Å². The zero-order valence-corrected chi connectivity index (χ0v) is 8.07. The Morgan fingerprint density at radius 3 is 2.40 bits per heavy atom. The molecule has 0 amide bonds. The lowest BCUT2D eigenvalue weighted by Crippen LogP contribution is -1.96. The first-order valence-corrected chi connectivity index (χ1v) is 4.53. The van der Waals surface area contributed by atoms with Gasteiger partial charge in [-0.05, 0) is 17.7 Å². The number of rotatable bonds is 2. The smallest absolute Gasteiger partial charge is 0.150 e. The molecule has 0 saturated heterocycles. The second-order valence-corrected chi connectivity index (χ2v) is 3.34. The van der Waals surface area contributed by atoms with Crippen molar-refractivity contribution in [3.8, 4) is 5.75 Å². The van der Waals surface area contributed by atoms with Crippen LogP contribution in [0.3, 0.4) is 0 Å². The Morgan fingerprint density at radius 2 is 1.87 bits per heavy atom. The molecule has 2 rings (SSSR count). The van der Waals surface area contributed by atoms with Crippen LogP contribution in [0.1, 0.15) is 11.1 Å². The van der Waals surface area contributed by atoms with Gasteiger partial charge in [0.2, 0.25) is 0 Å². The molecule has 6 N–H and O–H groups in total. The van der Waals surface area contributed by atoms with E-state index >= 15 is 0 Å². The Morgan fingerprint density at radius 1 is 1.20 bits per heavy atom. The van der Waals surface area contributed by atoms with E-state index in [4.69, 9.17) is 16.6 Å². The fourth-order valence-electron chi connectivity index (χ4n) is 1.40. The summed E-state index contributed by atoms with van der Waals surface area (Å²) < 4.78 is 0. The van der Waals surface area contributed by atoms with Crippen molar-refractivity contribution in [1.29, 1.82) is 0 Å². The first-order valence-electron chi connectivity index (χ1n) is 4.53. The van der Waals surface area contributed by atoms with Crippen molar-refractivity contribution in [2.75, 3.05) is 11.5 Å². The largest absolute Gasteiger partial charge is 0.508 e. The molecule has 0 radical (unpaired) electrons. The summed E-state index contributed by atoms with van der Waals surface area (Å²) >= 11 is 0. The minimum absolute atomic E-state index is 0.242. The van der Waals surface area contributed by atoms with Gasteiger partial charge in [-0.25, -0.2) is 0 Å². The molecule has 0 aliphatic heterocycles. The molecule has 78 valence electrons. The molecule has 5 heteroatoms. The topological polar surface area (TPSA) is 101 Å². The molecule has 0 bridgehead atoms. The second kappa shape index (κ2) is 3.53. The first kappa shape index (κ1) is 9.39. The lowest BCUT2D eigenvalue weighted by atomic mass is 10.1. The van der Waals surface area contributed by atoms with Crippen molar-refractivity contribution in [1.82, 2.24) is 10.2 Å². The van der Waals surface area contributed by atoms with E-state index in [0.717, 1.165) is 11.1 Å². The highest BCUT2D eigenvalue weighted by atomic mass is 16.3. The summed E-state index contributed by atoms with van der Waals surface area (Å²) in [6, 6.07) is 6.89. The van der Waals surface area contributed by atoms with Crippen LogP contribution in [-0.4, -0.2) is 15.3 Å². The third kappa shape index (κ3) is 1.85. The number of nitrogens with one attached hydrogen (secondary N) is 1. The van der Waals surface area contributed by atoms with E-state index in [2.05, 4.69) is 10.2 Å². The molecule has 0 spiro atoms. The Labute approximate surface area is 86.7 Å². The molecule has 5 nitrogen and oxygen atoms in total. The maximum atomic E-state index is 9.12. The predicted molar refractivity (Wildman–Crippen MR) is 58.3 cm³/mol. The zero-order valence-electron chi connectivity index (χ0n) is 8.07. The summed E-state index contributed by atoms with van der Waals surface area (Å²) in [5, 5.41) is 15.6. The number of nitrogens with two attached hydrogens (primary N) is 2. The number of hydrogen-bond donors (Lipinski definition) is 4. The van der Waals surface area contributed by atoms with Gasteiger partial charge in [0.05, 0.1) is 0 Å². The minimum atomic E-state index is 0.242. The third-order valence-electron chi connectivity index (χ3n) is 2.25. The van der Waals surface area contributed by atoms with E-state index in [1.54, 1.807) is 12.1 Å². The maximum Gasteiger partial charge on any atom is 0.150 e. The Hall–Kier alpha value is -2.17. The number of aromatic amines is 1. The fourth-order valence-corrected chi connectivity index (χ4v) is 1.40. The monoisotopic (exact) mass is 204 g/mol. The number of hydrogen-bond acceptors (Lipinski definition) is 4. The van der Waals surface area contributed by atoms with Gasteiger partial charge >= 0.3 is 0 Å². The number of benzene rings is 1. The highest BCUT2D eigenvalue weighted by molar-refractivity contribution is 5.55. The summed E-state index contributed by atoms with van der Waals surface area (Å²) in [7, 11) is 0. The number of phenols is 1. The third-order valence-corrected chi connectivity index (χ3v) is 2.25. The summed E-state index contributed by atoms with van der Waals surface area (Å²) in [6.45, 7) is 0. The van der Waals surface area contributed by atoms with Crippen molar-refractivity contribution >= 4 is 11.6 Å². The van der Waals surface area contributed by atoms with Gasteiger partial charge in [-0.1, -0.05) is 12.1 Å². The standard InChI is InChI=1S/C10H12N4O/c11-9-8(10(12)14-13-9)5-6-1-3-7(15)4-2-6/h1-4,15H,5H2,(H5,11,12,13,14). The molecule has 0 aliphatic carbocycles. The summed E-state index contributed by atoms with van der Waals surface area (Å²) in [5.41, 5.74) is 13.1. The van der Waals surface area contributed by atoms with Crippen LogP contribution >= 0.6 is 0 Å². The molecule has 0 saturated carbocycles. The van der Waals surface area contributed by atoms with Crippen molar-refractivity contribution in [2.24, 2.45) is 0 Å². The lowest BCUT2D eigenvalue weighted by molar-refractivity contribution is 0.475. The van der Waals surface area contributed by atoms with Gasteiger partial charge in [-0.3, -0.25) is 5.10 Å². The number of anilines is 2. The molecular weight excluding hydrogens is 192 g/mol. The molecule has 15 heavy (non-hydrogen) atoms. The van der Waals surface area contributed by atoms with E-state index in [1.165, 1.54) is 0 Å². The highest BCUT2D eigenvalue weighted by Gasteiger charge is 2.08. The fraction of sp³-hybridized carbons (Fsp3) is 0.100. The Balaban J connectivity index is 2.25. The van der Waals surface area contributed by atoms with Gasteiger partial charge in [0.1, 0.15) is 11.6 Å². The average molecular weight is 204 g/mol. The summed E-state index contributed by atoms with van der Waals surface area (Å²) in [5.74, 6) is 1.15. The highest BCUT2D eigenvalue weighted by Crippen LogP contribution is 2.20. The van der Waals surface area contributed by atoms with Gasteiger partial charge in [-0.2, -0.15) is 5.10 Å². The van der Waals surface area contributed by atoms with Gasteiger partial charge in [0.15, 0.2) is 5.82 Å².